The Labute approximate surface area is 175 Å². The number of rotatable bonds is 7. The van der Waals surface area contributed by atoms with Gasteiger partial charge in [-0.25, -0.2) is 17.9 Å². The van der Waals surface area contributed by atoms with Crippen molar-refractivity contribution in [3.05, 3.63) is 72.3 Å². The van der Waals surface area contributed by atoms with Crippen molar-refractivity contribution in [2.75, 3.05) is 11.9 Å². The summed E-state index contributed by atoms with van der Waals surface area (Å²) in [6.07, 6.45) is -1.07. The predicted molar refractivity (Wildman–Crippen MR) is 115 cm³/mol. The molecule has 3 rings (SSSR count). The molecule has 0 aromatic heterocycles. The van der Waals surface area contributed by atoms with Crippen molar-refractivity contribution < 1.29 is 22.7 Å². The monoisotopic (exact) mass is 426 g/mol. The van der Waals surface area contributed by atoms with Gasteiger partial charge in [0.2, 0.25) is 10.0 Å². The van der Waals surface area contributed by atoms with Crippen LogP contribution in [0.5, 0.6) is 0 Å². The van der Waals surface area contributed by atoms with Crippen molar-refractivity contribution in [1.29, 1.82) is 0 Å². The number of nitrogens with one attached hydrogen (secondary N) is 2. The SMILES string of the molecule is CCNS(=O)(=O)c1cccc(C(=O)OC(C)C(=O)Nc2ccc3ccccc3c2)c1. The Morgan fingerprint density at radius 3 is 2.43 bits per heavy atom. The van der Waals surface area contributed by atoms with Crippen molar-refractivity contribution in [1.82, 2.24) is 4.72 Å². The molecule has 0 radical (unpaired) electrons. The minimum atomic E-state index is -3.71. The molecule has 156 valence electrons. The molecule has 2 N–H and O–H groups in total. The molecular formula is C22H22N2O5S. The third-order valence-electron chi connectivity index (χ3n) is 4.38. The molecule has 1 atom stereocenters. The zero-order valence-electron chi connectivity index (χ0n) is 16.6. The molecule has 0 aliphatic carbocycles. The Morgan fingerprint density at radius 1 is 0.967 bits per heavy atom. The van der Waals surface area contributed by atoms with Gasteiger partial charge in [0.25, 0.3) is 5.91 Å². The van der Waals surface area contributed by atoms with Gasteiger partial charge in [0.1, 0.15) is 0 Å². The zero-order valence-corrected chi connectivity index (χ0v) is 17.4. The molecule has 3 aromatic carbocycles. The molecule has 0 saturated carbocycles. The van der Waals surface area contributed by atoms with E-state index < -0.39 is 28.0 Å². The number of carbonyl (C=O) groups is 2. The van der Waals surface area contributed by atoms with Crippen molar-refractivity contribution >= 4 is 38.4 Å². The summed E-state index contributed by atoms with van der Waals surface area (Å²) in [6, 6.07) is 18.7. The molecule has 3 aromatic rings. The summed E-state index contributed by atoms with van der Waals surface area (Å²) < 4.78 is 31.8. The molecule has 1 amide bonds. The molecule has 0 spiro atoms. The second-order valence-corrected chi connectivity index (χ2v) is 8.39. The maximum atomic E-state index is 12.4. The molecule has 7 nitrogen and oxygen atoms in total. The van der Waals surface area contributed by atoms with E-state index in [1.807, 2.05) is 36.4 Å². The van der Waals surface area contributed by atoms with Crippen LogP contribution in [0.2, 0.25) is 0 Å². The van der Waals surface area contributed by atoms with Crippen molar-refractivity contribution in [2.24, 2.45) is 0 Å². The first kappa shape index (κ1) is 21.5. The lowest BCUT2D eigenvalue weighted by Crippen LogP contribution is -2.30. The molecular weight excluding hydrogens is 404 g/mol. The van der Waals surface area contributed by atoms with Gasteiger partial charge < -0.3 is 10.1 Å². The molecule has 0 fully saturated rings. The number of hydrogen-bond acceptors (Lipinski definition) is 5. The number of anilines is 1. The van der Waals surface area contributed by atoms with E-state index in [0.717, 1.165) is 10.8 Å². The Balaban J connectivity index is 1.68. The van der Waals surface area contributed by atoms with Crippen LogP contribution < -0.4 is 10.0 Å². The van der Waals surface area contributed by atoms with Crippen LogP contribution in [0, 0.1) is 0 Å². The van der Waals surface area contributed by atoms with Crippen molar-refractivity contribution in [2.45, 2.75) is 24.8 Å². The Bertz CT molecular complexity index is 1190. The Hall–Kier alpha value is -3.23. The standard InChI is InChI=1S/C22H22N2O5S/c1-3-23-30(27,28)20-10-6-9-18(14-20)22(26)29-15(2)21(25)24-19-12-11-16-7-4-5-8-17(16)13-19/h4-15,23H,3H2,1-2H3,(H,24,25). The van der Waals surface area contributed by atoms with Crippen LogP contribution in [0.25, 0.3) is 10.8 Å². The minimum Gasteiger partial charge on any atom is -0.449 e. The number of carbonyl (C=O) groups excluding carboxylic acids is 2. The van der Waals surface area contributed by atoms with E-state index in [-0.39, 0.29) is 17.0 Å². The first-order chi connectivity index (χ1) is 14.3. The topological polar surface area (TPSA) is 102 Å². The largest absolute Gasteiger partial charge is 0.449 e. The van der Waals surface area contributed by atoms with Crippen molar-refractivity contribution in [3.63, 3.8) is 0 Å². The van der Waals surface area contributed by atoms with Crippen LogP contribution in [0.3, 0.4) is 0 Å². The fourth-order valence-electron chi connectivity index (χ4n) is 2.86. The highest BCUT2D eigenvalue weighted by molar-refractivity contribution is 7.89. The van der Waals surface area contributed by atoms with Gasteiger partial charge >= 0.3 is 5.97 Å². The minimum absolute atomic E-state index is 0.0410. The van der Waals surface area contributed by atoms with Gasteiger partial charge in [-0.3, -0.25) is 4.79 Å². The first-order valence-corrected chi connectivity index (χ1v) is 10.9. The van der Waals surface area contributed by atoms with Gasteiger partial charge in [-0.1, -0.05) is 43.3 Å². The van der Waals surface area contributed by atoms with Crippen LogP contribution in [-0.2, 0) is 19.6 Å². The fraction of sp³-hybridized carbons (Fsp3) is 0.182. The summed E-state index contributed by atoms with van der Waals surface area (Å²) in [6.45, 7) is 3.34. The lowest BCUT2D eigenvalue weighted by Gasteiger charge is -2.14. The number of benzene rings is 3. The summed E-state index contributed by atoms with van der Waals surface area (Å²) in [7, 11) is -3.71. The van der Waals surface area contributed by atoms with Crippen molar-refractivity contribution in [3.8, 4) is 0 Å². The summed E-state index contributed by atoms with van der Waals surface area (Å²) in [5, 5.41) is 4.74. The maximum absolute atomic E-state index is 12.4. The van der Waals surface area contributed by atoms with Gasteiger partial charge in [0.05, 0.1) is 10.5 Å². The maximum Gasteiger partial charge on any atom is 0.338 e. The molecule has 0 bridgehead atoms. The molecule has 0 heterocycles. The van der Waals surface area contributed by atoms with E-state index in [1.165, 1.54) is 31.2 Å². The van der Waals surface area contributed by atoms with Gasteiger partial charge in [0.15, 0.2) is 6.10 Å². The molecule has 0 aliphatic heterocycles. The van der Waals surface area contributed by atoms with Gasteiger partial charge in [-0.2, -0.15) is 0 Å². The number of esters is 1. The zero-order chi connectivity index (χ0) is 21.7. The van der Waals surface area contributed by atoms with Gasteiger partial charge in [-0.05, 0) is 48.0 Å². The quantitative estimate of drug-likeness (QED) is 0.565. The second kappa shape index (κ2) is 9.06. The Kier molecular flexibility index (Phi) is 6.49. The van der Waals surface area contributed by atoms with E-state index in [0.29, 0.717) is 5.69 Å². The summed E-state index contributed by atoms with van der Waals surface area (Å²) >= 11 is 0. The van der Waals surface area contributed by atoms with Crippen LogP contribution >= 0.6 is 0 Å². The summed E-state index contributed by atoms with van der Waals surface area (Å²) in [5.41, 5.74) is 0.625. The number of hydrogen-bond donors (Lipinski definition) is 2. The smallest absolute Gasteiger partial charge is 0.338 e. The fourth-order valence-corrected chi connectivity index (χ4v) is 3.94. The third-order valence-corrected chi connectivity index (χ3v) is 5.93. The van der Waals surface area contributed by atoms with E-state index in [9.17, 15) is 18.0 Å². The molecule has 0 saturated heterocycles. The van der Waals surface area contributed by atoms with Crippen LogP contribution in [0.15, 0.2) is 71.6 Å². The normalized spacial score (nSPS) is 12.3. The average molecular weight is 426 g/mol. The van der Waals surface area contributed by atoms with E-state index >= 15 is 0 Å². The number of fused-ring (bicyclic) bond motifs is 1. The van der Waals surface area contributed by atoms with Gasteiger partial charge in [0, 0.05) is 12.2 Å². The second-order valence-electron chi connectivity index (χ2n) is 6.63. The lowest BCUT2D eigenvalue weighted by molar-refractivity contribution is -0.123. The summed E-state index contributed by atoms with van der Waals surface area (Å²) in [5.74, 6) is -1.28. The summed E-state index contributed by atoms with van der Waals surface area (Å²) in [4.78, 5) is 24.8. The number of ether oxygens (including phenoxy) is 1. The lowest BCUT2D eigenvalue weighted by atomic mass is 10.1. The molecule has 1 unspecified atom stereocenters. The molecule has 8 heteroatoms. The average Bonchev–Trinajstić information content (AvgIpc) is 2.73. The highest BCUT2D eigenvalue weighted by atomic mass is 32.2. The van der Waals surface area contributed by atoms with Crippen LogP contribution in [0.1, 0.15) is 24.2 Å². The number of amides is 1. The van der Waals surface area contributed by atoms with Gasteiger partial charge in [-0.15, -0.1) is 0 Å². The van der Waals surface area contributed by atoms with E-state index in [4.69, 9.17) is 4.74 Å². The highest BCUT2D eigenvalue weighted by Crippen LogP contribution is 2.19. The highest BCUT2D eigenvalue weighted by Gasteiger charge is 2.21. The Morgan fingerprint density at radius 2 is 1.70 bits per heavy atom. The molecule has 0 aliphatic rings. The van der Waals surface area contributed by atoms with E-state index in [2.05, 4.69) is 10.0 Å². The molecule has 30 heavy (non-hydrogen) atoms. The predicted octanol–water partition coefficient (Wildman–Crippen LogP) is 3.32. The van der Waals surface area contributed by atoms with Crippen LogP contribution in [-0.4, -0.2) is 32.9 Å². The number of sulfonamides is 1. The van der Waals surface area contributed by atoms with Crippen LogP contribution in [0.4, 0.5) is 5.69 Å². The first-order valence-electron chi connectivity index (χ1n) is 9.40. The van der Waals surface area contributed by atoms with E-state index in [1.54, 1.807) is 13.0 Å². The third kappa shape index (κ3) is 5.03.